The first-order valence-electron chi connectivity index (χ1n) is 17.5. The molecule has 0 unspecified atom stereocenters. The maximum absolute atomic E-state index is 15.1. The average Bonchev–Trinajstić information content (AvgIpc) is 3.93. The number of hydrogen-bond donors (Lipinski definition) is 3. The largest absolute Gasteiger partial charge is 0.453 e. The lowest BCUT2D eigenvalue weighted by Gasteiger charge is -2.30. The SMILES string of the molecule is COC(=O)N[C@H](C(=O)N1CCC[C@H]1c1ncc(-c2ccc(-c3ccc(-c4[nH]c([C@@H]5CCCN5C(=O)CC(C)C)nc4F)cc3)cc2)[nH]1)C(C)C. The summed E-state index contributed by atoms with van der Waals surface area (Å²) in [7, 11) is 1.28. The third kappa shape index (κ3) is 7.29. The van der Waals surface area contributed by atoms with Crippen LogP contribution >= 0.6 is 0 Å². The van der Waals surface area contributed by atoms with Gasteiger partial charge in [0, 0.05) is 25.1 Å². The fraction of sp³-hybridized carbons (Fsp3) is 0.447. The van der Waals surface area contributed by atoms with Crippen molar-refractivity contribution in [3.05, 3.63) is 72.3 Å². The maximum atomic E-state index is 15.1. The van der Waals surface area contributed by atoms with Gasteiger partial charge in [-0.25, -0.2) is 14.8 Å². The minimum atomic E-state index is -0.690. The van der Waals surface area contributed by atoms with Crippen molar-refractivity contribution in [3.8, 4) is 33.6 Å². The van der Waals surface area contributed by atoms with E-state index in [2.05, 4.69) is 25.3 Å². The molecule has 3 atom stereocenters. The predicted octanol–water partition coefficient (Wildman–Crippen LogP) is 7.03. The molecular weight excluding hydrogens is 637 g/mol. The van der Waals surface area contributed by atoms with Crippen LogP contribution in [0.2, 0.25) is 0 Å². The number of alkyl carbamates (subject to hydrolysis) is 1. The number of carbonyl (C=O) groups is 3. The fourth-order valence-electron chi connectivity index (χ4n) is 7.05. The van der Waals surface area contributed by atoms with Gasteiger partial charge in [0.1, 0.15) is 23.4 Å². The lowest BCUT2D eigenvalue weighted by Crippen LogP contribution is -2.51. The Balaban J connectivity index is 1.13. The van der Waals surface area contributed by atoms with Crippen LogP contribution in [0.3, 0.4) is 0 Å². The van der Waals surface area contributed by atoms with E-state index in [0.717, 1.165) is 48.1 Å². The van der Waals surface area contributed by atoms with Gasteiger partial charge in [0.05, 0.1) is 31.1 Å². The van der Waals surface area contributed by atoms with Gasteiger partial charge in [0.25, 0.3) is 0 Å². The van der Waals surface area contributed by atoms with Crippen molar-refractivity contribution >= 4 is 17.9 Å². The van der Waals surface area contributed by atoms with Crippen molar-refractivity contribution in [2.24, 2.45) is 11.8 Å². The molecule has 2 aliphatic heterocycles. The number of hydrogen-bond acceptors (Lipinski definition) is 6. The second kappa shape index (κ2) is 14.9. The normalized spacial score (nSPS) is 18.2. The van der Waals surface area contributed by atoms with Crippen LogP contribution in [0, 0.1) is 17.8 Å². The fourth-order valence-corrected chi connectivity index (χ4v) is 7.05. The summed E-state index contributed by atoms with van der Waals surface area (Å²) < 4.78 is 19.9. The second-order valence-electron chi connectivity index (χ2n) is 14.0. The van der Waals surface area contributed by atoms with E-state index in [1.807, 2.05) is 81.1 Å². The number of carbonyl (C=O) groups excluding carboxylic acids is 3. The number of methoxy groups -OCH3 is 1. The van der Waals surface area contributed by atoms with E-state index < -0.39 is 18.1 Å². The second-order valence-corrected chi connectivity index (χ2v) is 14.0. The van der Waals surface area contributed by atoms with E-state index in [0.29, 0.717) is 42.4 Å². The van der Waals surface area contributed by atoms with Gasteiger partial charge >= 0.3 is 6.09 Å². The molecular formula is C38H46FN7O4. The quantitative estimate of drug-likeness (QED) is 0.164. The van der Waals surface area contributed by atoms with Crippen molar-refractivity contribution < 1.29 is 23.5 Å². The van der Waals surface area contributed by atoms with Crippen LogP contribution in [0.4, 0.5) is 9.18 Å². The highest BCUT2D eigenvalue weighted by Crippen LogP contribution is 2.35. The molecule has 6 rings (SSSR count). The van der Waals surface area contributed by atoms with Crippen molar-refractivity contribution in [2.75, 3.05) is 20.2 Å². The van der Waals surface area contributed by atoms with Crippen LogP contribution in [0.1, 0.15) is 83.5 Å². The molecule has 0 saturated carbocycles. The molecule has 2 aromatic carbocycles. The zero-order valence-corrected chi connectivity index (χ0v) is 29.3. The third-order valence-electron chi connectivity index (χ3n) is 9.69. The van der Waals surface area contributed by atoms with E-state index in [4.69, 9.17) is 4.74 Å². The predicted molar refractivity (Wildman–Crippen MR) is 188 cm³/mol. The zero-order chi connectivity index (χ0) is 35.5. The number of imidazole rings is 2. The van der Waals surface area contributed by atoms with E-state index >= 15 is 4.39 Å². The molecule has 0 radical (unpaired) electrons. The molecule has 0 bridgehead atoms. The van der Waals surface area contributed by atoms with E-state index in [1.165, 1.54) is 7.11 Å². The Labute approximate surface area is 292 Å². The molecule has 3 N–H and O–H groups in total. The Bertz CT molecular complexity index is 1820. The number of amides is 3. The lowest BCUT2D eigenvalue weighted by molar-refractivity contribution is -0.135. The number of likely N-dealkylation sites (tertiary alicyclic amines) is 2. The smallest absolute Gasteiger partial charge is 0.407 e. The Morgan fingerprint density at radius 2 is 1.44 bits per heavy atom. The van der Waals surface area contributed by atoms with Crippen molar-refractivity contribution in [2.45, 2.75) is 77.9 Å². The maximum Gasteiger partial charge on any atom is 0.407 e. The van der Waals surface area contributed by atoms with Crippen LogP contribution in [0.15, 0.2) is 54.7 Å². The van der Waals surface area contributed by atoms with Crippen LogP contribution in [-0.4, -0.2) is 73.9 Å². The zero-order valence-electron chi connectivity index (χ0n) is 29.3. The summed E-state index contributed by atoms with van der Waals surface area (Å²) in [6.45, 7) is 9.09. The van der Waals surface area contributed by atoms with Gasteiger partial charge in [-0.15, -0.1) is 0 Å². The number of ether oxygens (including phenoxy) is 1. The Morgan fingerprint density at radius 3 is 2.04 bits per heavy atom. The molecule has 50 heavy (non-hydrogen) atoms. The van der Waals surface area contributed by atoms with Gasteiger partial charge in [-0.3, -0.25) is 9.59 Å². The minimum Gasteiger partial charge on any atom is -0.453 e. The molecule has 2 aliphatic rings. The lowest BCUT2D eigenvalue weighted by atomic mass is 10.0. The Morgan fingerprint density at radius 1 is 0.860 bits per heavy atom. The molecule has 11 nitrogen and oxygen atoms in total. The van der Waals surface area contributed by atoms with Gasteiger partial charge < -0.3 is 29.8 Å². The van der Waals surface area contributed by atoms with Crippen molar-refractivity contribution in [1.29, 1.82) is 0 Å². The molecule has 0 aliphatic carbocycles. The molecule has 2 aromatic heterocycles. The highest BCUT2D eigenvalue weighted by molar-refractivity contribution is 5.86. The summed E-state index contributed by atoms with van der Waals surface area (Å²) in [6.07, 6.45) is 4.88. The number of benzene rings is 2. The van der Waals surface area contributed by atoms with Gasteiger partial charge in [-0.05, 0) is 54.2 Å². The number of rotatable bonds is 10. The Hall–Kier alpha value is -5.00. The highest BCUT2D eigenvalue weighted by Gasteiger charge is 2.37. The van der Waals surface area contributed by atoms with Crippen molar-refractivity contribution in [1.82, 2.24) is 35.1 Å². The number of halogens is 1. The first-order chi connectivity index (χ1) is 24.0. The van der Waals surface area contributed by atoms with Gasteiger partial charge in [0.2, 0.25) is 17.8 Å². The van der Waals surface area contributed by atoms with Crippen LogP contribution in [-0.2, 0) is 14.3 Å². The summed E-state index contributed by atoms with van der Waals surface area (Å²) in [4.78, 5) is 57.3. The molecule has 12 heteroatoms. The van der Waals surface area contributed by atoms with Crippen LogP contribution in [0.5, 0.6) is 0 Å². The number of aromatic amines is 2. The summed E-state index contributed by atoms with van der Waals surface area (Å²) >= 11 is 0. The molecule has 4 aromatic rings. The summed E-state index contributed by atoms with van der Waals surface area (Å²) in [5, 5.41) is 2.68. The number of aromatic nitrogens is 4. The summed E-state index contributed by atoms with van der Waals surface area (Å²) in [6, 6.07) is 14.6. The number of nitrogens with one attached hydrogen (secondary N) is 3. The minimum absolute atomic E-state index is 0.0859. The summed E-state index contributed by atoms with van der Waals surface area (Å²) in [5.74, 6) is 0.731. The first kappa shape index (κ1) is 34.8. The number of H-pyrrole nitrogens is 2. The van der Waals surface area contributed by atoms with Crippen LogP contribution in [0.25, 0.3) is 33.6 Å². The molecule has 4 heterocycles. The van der Waals surface area contributed by atoms with E-state index in [1.54, 1.807) is 11.1 Å². The highest BCUT2D eigenvalue weighted by atomic mass is 19.1. The van der Waals surface area contributed by atoms with E-state index in [-0.39, 0.29) is 35.7 Å². The third-order valence-corrected chi connectivity index (χ3v) is 9.69. The molecule has 2 fully saturated rings. The topological polar surface area (TPSA) is 136 Å². The summed E-state index contributed by atoms with van der Waals surface area (Å²) in [5.41, 5.74) is 4.78. The van der Waals surface area contributed by atoms with Crippen LogP contribution < -0.4 is 5.32 Å². The first-order valence-corrected chi connectivity index (χ1v) is 17.5. The van der Waals surface area contributed by atoms with Gasteiger partial charge in [-0.1, -0.05) is 76.2 Å². The van der Waals surface area contributed by atoms with Gasteiger partial charge in [-0.2, -0.15) is 4.39 Å². The monoisotopic (exact) mass is 683 g/mol. The number of nitrogens with zero attached hydrogens (tertiary/aromatic N) is 4. The van der Waals surface area contributed by atoms with Crippen molar-refractivity contribution in [3.63, 3.8) is 0 Å². The molecule has 2 saturated heterocycles. The standard InChI is InChI=1S/C38H46FN7O4/c1-22(2)20-31(47)45-18-6-9-30(45)36-42-33(34(39)44-36)27-16-12-25(13-17-27)24-10-14-26(15-11-24)28-21-40-35(41-28)29-8-7-19-46(29)37(48)32(23(3)4)43-38(49)50-5/h10-17,21-23,29-30,32H,6-9,18-20H2,1-5H3,(H,40,41)(H,42,44)(H,43,49)/t29-,30-,32-/m0/s1. The molecule has 0 spiro atoms. The molecule has 3 amide bonds. The average molecular weight is 684 g/mol. The van der Waals surface area contributed by atoms with E-state index in [9.17, 15) is 14.4 Å². The molecule has 264 valence electrons. The Kier molecular flexibility index (Phi) is 10.4. The van der Waals surface area contributed by atoms with Gasteiger partial charge in [0.15, 0.2) is 0 Å².